The lowest BCUT2D eigenvalue weighted by Gasteiger charge is -2.32. The molecular formula is C25H22BrF3N2O8S2. The molecule has 1 aliphatic rings. The van der Waals surface area contributed by atoms with Crippen LogP contribution in [0.5, 0.6) is 11.5 Å². The van der Waals surface area contributed by atoms with E-state index in [1.165, 1.54) is 12.1 Å². The topological polar surface area (TPSA) is 142 Å². The van der Waals surface area contributed by atoms with Crippen LogP contribution in [0.3, 0.4) is 0 Å². The van der Waals surface area contributed by atoms with Gasteiger partial charge in [0.15, 0.2) is 17.2 Å². The zero-order valence-corrected chi connectivity index (χ0v) is 24.1. The number of carboxylic acids is 2. The summed E-state index contributed by atoms with van der Waals surface area (Å²) in [6.07, 6.45) is -4.31. The Kier molecular flexibility index (Phi) is 9.16. The molecule has 1 saturated heterocycles. The third-order valence-corrected chi connectivity index (χ3v) is 10.2. The first-order valence-corrected chi connectivity index (χ1v) is 14.9. The highest BCUT2D eigenvalue weighted by atomic mass is 79.9. The maximum absolute atomic E-state index is 13.1. The Morgan fingerprint density at radius 1 is 1.10 bits per heavy atom. The molecule has 0 unspecified atom stereocenters. The first kappa shape index (κ1) is 30.6. The van der Waals surface area contributed by atoms with Crippen molar-refractivity contribution in [3.05, 3.63) is 57.9 Å². The van der Waals surface area contributed by atoms with Crippen molar-refractivity contribution in [2.45, 2.75) is 30.1 Å². The first-order chi connectivity index (χ1) is 19.3. The third-order valence-electron chi connectivity index (χ3n) is 5.99. The number of hydrogen-bond donors (Lipinski definition) is 3. The number of halogens is 4. The number of anilines is 1. The maximum Gasteiger partial charge on any atom is 0.573 e. The SMILES string of the molecule is O=C(O)COc1c(C(=O)O)sc(-c2cccc(NC3CCN(S(=O)(=O)c4ccccc4OC(F)(F)F)CC3)c2)c1Br. The number of ether oxygens (including phenoxy) is 2. The Balaban J connectivity index is 1.47. The average molecular weight is 679 g/mol. The Hall–Kier alpha value is -3.34. The predicted octanol–water partition coefficient (Wildman–Crippen LogP) is 5.50. The molecule has 0 spiro atoms. The van der Waals surface area contributed by atoms with Crippen molar-refractivity contribution in [1.29, 1.82) is 0 Å². The fourth-order valence-corrected chi connectivity index (χ4v) is 7.70. The minimum Gasteiger partial charge on any atom is -0.479 e. The summed E-state index contributed by atoms with van der Waals surface area (Å²) in [6.45, 7) is -0.600. The quantitative estimate of drug-likeness (QED) is 0.253. The number of para-hydroxylation sites is 1. The van der Waals surface area contributed by atoms with Crippen LogP contribution < -0.4 is 14.8 Å². The highest BCUT2D eigenvalue weighted by Crippen LogP contribution is 2.46. The van der Waals surface area contributed by atoms with Crippen LogP contribution in [0.25, 0.3) is 10.4 Å². The number of alkyl halides is 3. The number of nitrogens with one attached hydrogen (secondary N) is 1. The number of carboxylic acid groups (broad SMARTS) is 2. The van der Waals surface area contributed by atoms with Crippen LogP contribution in [0.4, 0.5) is 18.9 Å². The second kappa shape index (κ2) is 12.3. The molecule has 220 valence electrons. The minimum atomic E-state index is -5.04. The van der Waals surface area contributed by atoms with E-state index < -0.39 is 45.6 Å². The smallest absolute Gasteiger partial charge is 0.479 e. The van der Waals surface area contributed by atoms with Crippen LogP contribution in [0, 0.1) is 0 Å². The standard InChI is InChI=1S/C25H22BrF3N2O8S2/c26-20-21(38-13-19(32)33)23(24(34)35)40-22(20)14-4-3-5-16(12-14)30-15-8-10-31(11-9-15)41(36,37)18-7-2-1-6-17(18)39-25(27,28)29/h1-7,12,15,30H,8-11,13H2,(H,32,33)(H,34,35). The maximum atomic E-state index is 13.1. The number of piperidine rings is 1. The molecule has 0 aliphatic carbocycles. The van der Waals surface area contributed by atoms with Crippen molar-refractivity contribution in [3.63, 3.8) is 0 Å². The molecule has 1 aromatic heterocycles. The van der Waals surface area contributed by atoms with E-state index in [9.17, 15) is 36.3 Å². The normalized spacial score (nSPS) is 14.9. The number of sulfonamides is 1. The van der Waals surface area contributed by atoms with E-state index in [0.29, 0.717) is 33.4 Å². The lowest BCUT2D eigenvalue weighted by atomic mass is 10.1. The fourth-order valence-electron chi connectivity index (χ4n) is 4.22. The molecule has 41 heavy (non-hydrogen) atoms. The minimum absolute atomic E-state index is 0.0583. The fraction of sp³-hybridized carbons (Fsp3) is 0.280. The summed E-state index contributed by atoms with van der Waals surface area (Å²) in [6, 6.07) is 11.5. The molecule has 3 aromatic rings. The summed E-state index contributed by atoms with van der Waals surface area (Å²) < 4.78 is 75.2. The van der Waals surface area contributed by atoms with E-state index in [-0.39, 0.29) is 29.8 Å². The molecule has 1 fully saturated rings. The Labute approximate surface area is 244 Å². The summed E-state index contributed by atoms with van der Waals surface area (Å²) in [7, 11) is -4.25. The molecule has 0 amide bonds. The van der Waals surface area contributed by atoms with Gasteiger partial charge in [-0.15, -0.1) is 24.5 Å². The van der Waals surface area contributed by atoms with Gasteiger partial charge in [-0.3, -0.25) is 0 Å². The van der Waals surface area contributed by atoms with E-state index in [4.69, 9.17) is 9.84 Å². The molecule has 3 N–H and O–H groups in total. The van der Waals surface area contributed by atoms with Gasteiger partial charge in [0.05, 0.1) is 9.35 Å². The predicted molar refractivity (Wildman–Crippen MR) is 146 cm³/mol. The zero-order valence-electron chi connectivity index (χ0n) is 20.9. The third kappa shape index (κ3) is 7.30. The van der Waals surface area contributed by atoms with Gasteiger partial charge in [-0.1, -0.05) is 24.3 Å². The number of aliphatic carboxylic acids is 1. The molecule has 0 bridgehead atoms. The van der Waals surface area contributed by atoms with Gasteiger partial charge in [-0.25, -0.2) is 18.0 Å². The van der Waals surface area contributed by atoms with Crippen molar-refractivity contribution in [1.82, 2.24) is 4.31 Å². The molecule has 1 aliphatic heterocycles. The van der Waals surface area contributed by atoms with E-state index in [2.05, 4.69) is 26.0 Å². The van der Waals surface area contributed by atoms with E-state index in [1.807, 2.05) is 0 Å². The molecule has 2 aromatic carbocycles. The number of rotatable bonds is 10. The average Bonchev–Trinajstić information content (AvgIpc) is 3.23. The molecule has 10 nitrogen and oxygen atoms in total. The summed E-state index contributed by atoms with van der Waals surface area (Å²) in [5.74, 6) is -3.41. The number of aromatic carboxylic acids is 1. The van der Waals surface area contributed by atoms with Gasteiger partial charge in [0.25, 0.3) is 0 Å². The molecule has 0 radical (unpaired) electrons. The van der Waals surface area contributed by atoms with Crippen molar-refractivity contribution in [3.8, 4) is 21.9 Å². The largest absolute Gasteiger partial charge is 0.573 e. The van der Waals surface area contributed by atoms with Gasteiger partial charge in [-0.05, 0) is 58.6 Å². The lowest BCUT2D eigenvalue weighted by molar-refractivity contribution is -0.275. The van der Waals surface area contributed by atoms with Gasteiger partial charge in [0.2, 0.25) is 10.0 Å². The van der Waals surface area contributed by atoms with Crippen LogP contribution in [0.1, 0.15) is 22.5 Å². The summed E-state index contributed by atoms with van der Waals surface area (Å²) in [4.78, 5) is 22.4. The van der Waals surface area contributed by atoms with E-state index in [0.717, 1.165) is 27.8 Å². The number of hydrogen-bond acceptors (Lipinski definition) is 8. The van der Waals surface area contributed by atoms with Gasteiger partial charge in [0, 0.05) is 24.8 Å². The number of thiophene rings is 1. The number of nitrogens with zero attached hydrogens (tertiary/aromatic N) is 1. The molecule has 16 heteroatoms. The van der Waals surface area contributed by atoms with Crippen LogP contribution in [-0.4, -0.2) is 67.0 Å². The summed E-state index contributed by atoms with van der Waals surface area (Å²) in [5, 5.41) is 21.8. The van der Waals surface area contributed by atoms with Crippen molar-refractivity contribution < 1.29 is 50.9 Å². The van der Waals surface area contributed by atoms with Gasteiger partial charge in [-0.2, -0.15) is 4.31 Å². The lowest BCUT2D eigenvalue weighted by Crippen LogP contribution is -2.42. The Morgan fingerprint density at radius 2 is 1.78 bits per heavy atom. The van der Waals surface area contributed by atoms with Crippen LogP contribution in [-0.2, 0) is 14.8 Å². The molecule has 4 rings (SSSR count). The van der Waals surface area contributed by atoms with Gasteiger partial charge >= 0.3 is 18.3 Å². The van der Waals surface area contributed by atoms with Crippen molar-refractivity contribution >= 4 is 54.9 Å². The monoisotopic (exact) mass is 678 g/mol. The first-order valence-electron chi connectivity index (χ1n) is 11.9. The van der Waals surface area contributed by atoms with Gasteiger partial charge in [0.1, 0.15) is 10.6 Å². The summed E-state index contributed by atoms with van der Waals surface area (Å²) >= 11 is 4.23. The Morgan fingerprint density at radius 3 is 2.41 bits per heavy atom. The number of benzene rings is 2. The zero-order chi connectivity index (χ0) is 29.9. The molecule has 0 saturated carbocycles. The van der Waals surface area contributed by atoms with Crippen LogP contribution in [0.15, 0.2) is 57.9 Å². The number of carbonyl (C=O) groups is 2. The molecular weight excluding hydrogens is 657 g/mol. The molecule has 0 atom stereocenters. The van der Waals surface area contributed by atoms with Crippen LogP contribution >= 0.6 is 27.3 Å². The second-order valence-electron chi connectivity index (χ2n) is 8.79. The van der Waals surface area contributed by atoms with E-state index in [1.54, 1.807) is 24.3 Å². The molecule has 2 heterocycles. The summed E-state index contributed by atoms with van der Waals surface area (Å²) in [5.41, 5.74) is 1.29. The van der Waals surface area contributed by atoms with Crippen molar-refractivity contribution in [2.24, 2.45) is 0 Å². The highest BCUT2D eigenvalue weighted by molar-refractivity contribution is 9.10. The Bertz CT molecular complexity index is 1550. The van der Waals surface area contributed by atoms with Gasteiger partial charge < -0.3 is 25.0 Å². The van der Waals surface area contributed by atoms with Crippen molar-refractivity contribution in [2.75, 3.05) is 25.0 Å². The van der Waals surface area contributed by atoms with Crippen LogP contribution in [0.2, 0.25) is 0 Å². The van der Waals surface area contributed by atoms with E-state index >= 15 is 0 Å². The highest BCUT2D eigenvalue weighted by Gasteiger charge is 2.36. The second-order valence-corrected chi connectivity index (χ2v) is 12.5.